The Morgan fingerprint density at radius 2 is 1.83 bits per heavy atom. The van der Waals surface area contributed by atoms with Gasteiger partial charge in [0, 0.05) is 5.56 Å². The van der Waals surface area contributed by atoms with Crippen molar-refractivity contribution in [3.63, 3.8) is 0 Å². The van der Waals surface area contributed by atoms with Gasteiger partial charge in [0.15, 0.2) is 0 Å². The molecule has 0 aromatic heterocycles. The quantitative estimate of drug-likeness (QED) is 0.821. The summed E-state index contributed by atoms with van der Waals surface area (Å²) in [6.45, 7) is 3.27. The Bertz CT molecular complexity index is 797. The maximum Gasteiger partial charge on any atom is 0.313 e. The number of rotatable bonds is 6. The summed E-state index contributed by atoms with van der Waals surface area (Å²) in [5.74, 6) is -2.12. The summed E-state index contributed by atoms with van der Waals surface area (Å²) in [7, 11) is -3.88. The van der Waals surface area contributed by atoms with E-state index in [2.05, 4.69) is 0 Å². The average Bonchev–Trinajstić information content (AvgIpc) is 2.46. The molecule has 0 bridgehead atoms. The molecular weight excluding hydrogens is 316 g/mol. The van der Waals surface area contributed by atoms with Crippen LogP contribution in [0.1, 0.15) is 29.5 Å². The van der Waals surface area contributed by atoms with Gasteiger partial charge in [-0.05, 0) is 31.0 Å². The molecule has 2 aromatic rings. The topological polar surface area (TPSA) is 80.7 Å². The molecule has 0 saturated heterocycles. The number of benzene rings is 2. The number of carboxylic acid groups (broad SMARTS) is 1. The Morgan fingerprint density at radius 3 is 2.43 bits per heavy atom. The van der Waals surface area contributed by atoms with Crippen molar-refractivity contribution >= 4 is 16.1 Å². The van der Waals surface area contributed by atoms with Gasteiger partial charge in [0.25, 0.3) is 0 Å². The van der Waals surface area contributed by atoms with Gasteiger partial charge in [0.1, 0.15) is 11.5 Å². The Kier molecular flexibility index (Phi) is 5.05. The van der Waals surface area contributed by atoms with Crippen LogP contribution in [-0.2, 0) is 20.7 Å². The molecule has 1 N–H and O–H groups in total. The lowest BCUT2D eigenvalue weighted by Crippen LogP contribution is -2.15. The fraction of sp³-hybridized carbons (Fsp3) is 0.235. The number of aliphatic carboxylic acids is 1. The highest BCUT2D eigenvalue weighted by molar-refractivity contribution is 7.86. The maximum absolute atomic E-state index is 12.3. The molecule has 0 radical (unpaired) electrons. The molecule has 0 aliphatic carbocycles. The highest BCUT2D eigenvalue weighted by Gasteiger charge is 2.22. The van der Waals surface area contributed by atoms with Crippen molar-refractivity contribution in [2.75, 3.05) is 0 Å². The minimum atomic E-state index is -3.88. The maximum atomic E-state index is 12.3. The third-order valence-corrected chi connectivity index (χ3v) is 4.53. The van der Waals surface area contributed by atoms with E-state index in [9.17, 15) is 13.2 Å². The molecule has 23 heavy (non-hydrogen) atoms. The first-order valence-corrected chi connectivity index (χ1v) is 8.65. The molecule has 1 atom stereocenters. The lowest BCUT2D eigenvalue weighted by molar-refractivity contribution is -0.138. The van der Waals surface area contributed by atoms with Gasteiger partial charge in [-0.25, -0.2) is 0 Å². The lowest BCUT2D eigenvalue weighted by Gasteiger charge is -2.15. The summed E-state index contributed by atoms with van der Waals surface area (Å²) < 4.78 is 29.7. The van der Waals surface area contributed by atoms with Crippen LogP contribution in [0, 0.1) is 6.92 Å². The third kappa shape index (κ3) is 4.56. The van der Waals surface area contributed by atoms with Crippen LogP contribution in [0.2, 0.25) is 0 Å². The van der Waals surface area contributed by atoms with E-state index in [1.807, 2.05) is 0 Å². The molecule has 0 amide bonds. The second kappa shape index (κ2) is 6.83. The first-order valence-electron chi connectivity index (χ1n) is 7.08. The molecule has 2 rings (SSSR count). The van der Waals surface area contributed by atoms with E-state index in [4.69, 9.17) is 9.29 Å². The summed E-state index contributed by atoms with van der Waals surface area (Å²) in [5.41, 5.74) is 1.73. The molecule has 0 aliphatic rings. The van der Waals surface area contributed by atoms with Gasteiger partial charge in [0.05, 0.1) is 5.92 Å². The minimum Gasteiger partial charge on any atom is -0.481 e. The fourth-order valence-electron chi connectivity index (χ4n) is 2.15. The zero-order valence-electron chi connectivity index (χ0n) is 12.9. The highest BCUT2D eigenvalue weighted by atomic mass is 32.2. The van der Waals surface area contributed by atoms with Crippen molar-refractivity contribution in [2.45, 2.75) is 25.5 Å². The Balaban J connectivity index is 2.31. The zero-order chi connectivity index (χ0) is 17.0. The van der Waals surface area contributed by atoms with Crippen LogP contribution < -0.4 is 4.18 Å². The van der Waals surface area contributed by atoms with E-state index in [-0.39, 0.29) is 11.5 Å². The average molecular weight is 334 g/mol. The van der Waals surface area contributed by atoms with Crippen LogP contribution in [-0.4, -0.2) is 19.5 Å². The molecule has 0 heterocycles. The van der Waals surface area contributed by atoms with Crippen LogP contribution in [0.3, 0.4) is 0 Å². The first-order chi connectivity index (χ1) is 10.8. The van der Waals surface area contributed by atoms with Crippen LogP contribution in [0.5, 0.6) is 5.75 Å². The number of carboxylic acids is 1. The second-order valence-corrected chi connectivity index (χ2v) is 6.94. The lowest BCUT2D eigenvalue weighted by atomic mass is 9.99. The smallest absolute Gasteiger partial charge is 0.313 e. The second-order valence-electron chi connectivity index (χ2n) is 5.37. The molecule has 0 saturated carbocycles. The Morgan fingerprint density at radius 1 is 1.17 bits per heavy atom. The van der Waals surface area contributed by atoms with Crippen LogP contribution in [0.4, 0.5) is 0 Å². The van der Waals surface area contributed by atoms with E-state index in [1.165, 1.54) is 13.0 Å². The predicted octanol–water partition coefficient (Wildman–Crippen LogP) is 3.09. The number of aryl methyl sites for hydroxylation is 1. The van der Waals surface area contributed by atoms with E-state index in [1.54, 1.807) is 49.4 Å². The summed E-state index contributed by atoms with van der Waals surface area (Å²) in [6, 6.07) is 13.5. The van der Waals surface area contributed by atoms with Crippen molar-refractivity contribution < 1.29 is 22.5 Å². The molecule has 1 unspecified atom stereocenters. The normalized spacial score (nSPS) is 12.6. The Hall–Kier alpha value is -2.34. The van der Waals surface area contributed by atoms with Crippen molar-refractivity contribution in [1.29, 1.82) is 0 Å². The van der Waals surface area contributed by atoms with Crippen molar-refractivity contribution in [1.82, 2.24) is 0 Å². The van der Waals surface area contributed by atoms with Gasteiger partial charge in [-0.2, -0.15) is 8.42 Å². The monoisotopic (exact) mass is 334 g/mol. The molecule has 2 aromatic carbocycles. The highest BCUT2D eigenvalue weighted by Crippen LogP contribution is 2.29. The standard InChI is InChI=1S/C17H18O5S/c1-12-8-9-15(13(2)17(18)19)16(10-12)22-23(20,21)11-14-6-4-3-5-7-14/h3-10,13H,11H2,1-2H3,(H,18,19). The van der Waals surface area contributed by atoms with Crippen molar-refractivity contribution in [2.24, 2.45) is 0 Å². The largest absolute Gasteiger partial charge is 0.481 e. The summed E-state index contributed by atoms with van der Waals surface area (Å²) in [6.07, 6.45) is 0. The van der Waals surface area contributed by atoms with Gasteiger partial charge in [0.2, 0.25) is 0 Å². The van der Waals surface area contributed by atoms with Crippen molar-refractivity contribution in [3.05, 3.63) is 65.2 Å². The van der Waals surface area contributed by atoms with Crippen LogP contribution in [0.15, 0.2) is 48.5 Å². The molecule has 5 nitrogen and oxygen atoms in total. The van der Waals surface area contributed by atoms with E-state index >= 15 is 0 Å². The van der Waals surface area contributed by atoms with Crippen LogP contribution in [0.25, 0.3) is 0 Å². The van der Waals surface area contributed by atoms with Gasteiger partial charge < -0.3 is 9.29 Å². The van der Waals surface area contributed by atoms with E-state index in [0.29, 0.717) is 11.1 Å². The molecular formula is C17H18O5S. The van der Waals surface area contributed by atoms with E-state index in [0.717, 1.165) is 5.56 Å². The molecule has 0 spiro atoms. The first kappa shape index (κ1) is 17.0. The predicted molar refractivity (Wildman–Crippen MR) is 86.9 cm³/mol. The molecule has 6 heteroatoms. The summed E-state index contributed by atoms with van der Waals surface area (Å²) >= 11 is 0. The zero-order valence-corrected chi connectivity index (χ0v) is 13.7. The number of hydrogen-bond donors (Lipinski definition) is 1. The van der Waals surface area contributed by atoms with Crippen molar-refractivity contribution in [3.8, 4) is 5.75 Å². The van der Waals surface area contributed by atoms with Gasteiger partial charge in [-0.3, -0.25) is 4.79 Å². The molecule has 0 aliphatic heterocycles. The number of hydrogen-bond acceptors (Lipinski definition) is 4. The third-order valence-electron chi connectivity index (χ3n) is 3.41. The Labute approximate surface area is 135 Å². The van der Waals surface area contributed by atoms with Gasteiger partial charge in [-0.15, -0.1) is 0 Å². The number of carbonyl (C=O) groups is 1. The SMILES string of the molecule is Cc1ccc(C(C)C(=O)O)c(OS(=O)(=O)Cc2ccccc2)c1. The van der Waals surface area contributed by atoms with Gasteiger partial charge >= 0.3 is 16.1 Å². The molecule has 122 valence electrons. The van der Waals surface area contributed by atoms with Crippen LogP contribution >= 0.6 is 0 Å². The van der Waals surface area contributed by atoms with Gasteiger partial charge in [-0.1, -0.05) is 42.5 Å². The van der Waals surface area contributed by atoms with E-state index < -0.39 is 22.0 Å². The summed E-state index contributed by atoms with van der Waals surface area (Å²) in [4.78, 5) is 11.2. The molecule has 0 fully saturated rings. The summed E-state index contributed by atoms with van der Waals surface area (Å²) in [5, 5.41) is 9.16. The fourth-order valence-corrected chi connectivity index (χ4v) is 3.23. The minimum absolute atomic E-state index is 0.0656.